The van der Waals surface area contributed by atoms with Crippen molar-refractivity contribution in [1.82, 2.24) is 0 Å². The van der Waals surface area contributed by atoms with Crippen LogP contribution in [0.4, 0.5) is 0 Å². The van der Waals surface area contributed by atoms with Crippen LogP contribution in [0.3, 0.4) is 0 Å². The Kier molecular flexibility index (Phi) is 4.73. The fourth-order valence-electron chi connectivity index (χ4n) is 0.560. The molecule has 0 aromatic heterocycles. The van der Waals surface area contributed by atoms with E-state index in [4.69, 9.17) is 4.74 Å². The first-order valence-electron chi connectivity index (χ1n) is 3.61. The number of ether oxygens (including phenoxy) is 1. The van der Waals surface area contributed by atoms with Gasteiger partial charge in [0.15, 0.2) is 0 Å². The van der Waals surface area contributed by atoms with Crippen molar-refractivity contribution in [3.63, 3.8) is 0 Å². The zero-order chi connectivity index (χ0) is 7.98. The summed E-state index contributed by atoms with van der Waals surface area (Å²) >= 11 is 0. The van der Waals surface area contributed by atoms with Crippen molar-refractivity contribution in [3.8, 4) is 0 Å². The molecular formula is C9H16O. The smallest absolute Gasteiger partial charge is 0.0928 e. The molecule has 0 unspecified atom stereocenters. The zero-order valence-corrected chi connectivity index (χ0v) is 7.27. The van der Waals surface area contributed by atoms with Gasteiger partial charge in [-0.3, -0.25) is 0 Å². The van der Waals surface area contributed by atoms with Crippen LogP contribution < -0.4 is 0 Å². The highest BCUT2D eigenvalue weighted by molar-refractivity contribution is 5.10. The molecule has 0 aliphatic carbocycles. The van der Waals surface area contributed by atoms with Crippen molar-refractivity contribution in [3.05, 3.63) is 23.5 Å². The van der Waals surface area contributed by atoms with E-state index < -0.39 is 0 Å². The molecule has 0 saturated carbocycles. The zero-order valence-electron chi connectivity index (χ0n) is 7.27. The maximum Gasteiger partial charge on any atom is 0.0928 e. The molecule has 58 valence electrons. The SMILES string of the molecule is CCO/C(C)=C/C=C(C)C. The molecule has 0 fully saturated rings. The molecule has 0 bridgehead atoms. The lowest BCUT2D eigenvalue weighted by Crippen LogP contribution is -1.84. The molecule has 0 heterocycles. The summed E-state index contributed by atoms with van der Waals surface area (Å²) in [6.45, 7) is 8.83. The largest absolute Gasteiger partial charge is 0.499 e. The molecule has 0 atom stereocenters. The average molecular weight is 140 g/mol. The summed E-state index contributed by atoms with van der Waals surface area (Å²) in [5.74, 6) is 0.976. The molecular weight excluding hydrogens is 124 g/mol. The van der Waals surface area contributed by atoms with Crippen LogP contribution in [0.1, 0.15) is 27.7 Å². The van der Waals surface area contributed by atoms with E-state index in [1.165, 1.54) is 5.57 Å². The minimum atomic E-state index is 0.749. The maximum absolute atomic E-state index is 5.21. The quantitative estimate of drug-likeness (QED) is 0.432. The molecule has 0 aliphatic heterocycles. The second-order valence-electron chi connectivity index (χ2n) is 2.45. The van der Waals surface area contributed by atoms with Gasteiger partial charge >= 0.3 is 0 Å². The van der Waals surface area contributed by atoms with Crippen LogP contribution in [0.15, 0.2) is 23.5 Å². The van der Waals surface area contributed by atoms with Crippen molar-refractivity contribution in [2.75, 3.05) is 6.61 Å². The lowest BCUT2D eigenvalue weighted by molar-refractivity contribution is 0.231. The molecule has 1 heteroatoms. The Morgan fingerprint density at radius 2 is 1.80 bits per heavy atom. The van der Waals surface area contributed by atoms with Gasteiger partial charge in [-0.05, 0) is 33.8 Å². The Balaban J connectivity index is 3.79. The second-order valence-corrected chi connectivity index (χ2v) is 2.45. The summed E-state index contributed by atoms with van der Waals surface area (Å²) in [7, 11) is 0. The summed E-state index contributed by atoms with van der Waals surface area (Å²) in [4.78, 5) is 0. The van der Waals surface area contributed by atoms with Gasteiger partial charge in [0, 0.05) is 0 Å². The van der Waals surface area contributed by atoms with E-state index in [1.807, 2.05) is 26.0 Å². The van der Waals surface area contributed by atoms with Crippen molar-refractivity contribution in [2.24, 2.45) is 0 Å². The van der Waals surface area contributed by atoms with Gasteiger partial charge in [-0.25, -0.2) is 0 Å². The molecule has 0 aromatic rings. The molecule has 0 N–H and O–H groups in total. The predicted octanol–water partition coefficient (Wildman–Crippen LogP) is 2.89. The highest BCUT2D eigenvalue weighted by Crippen LogP contribution is 1.97. The van der Waals surface area contributed by atoms with Crippen LogP contribution >= 0.6 is 0 Å². The van der Waals surface area contributed by atoms with Gasteiger partial charge in [-0.1, -0.05) is 11.6 Å². The van der Waals surface area contributed by atoms with Crippen molar-refractivity contribution in [1.29, 1.82) is 0 Å². The Morgan fingerprint density at radius 3 is 2.20 bits per heavy atom. The Morgan fingerprint density at radius 1 is 1.20 bits per heavy atom. The lowest BCUT2D eigenvalue weighted by atomic mass is 10.3. The molecule has 0 rings (SSSR count). The van der Waals surface area contributed by atoms with E-state index in [9.17, 15) is 0 Å². The number of hydrogen-bond acceptors (Lipinski definition) is 1. The molecule has 0 saturated heterocycles. The maximum atomic E-state index is 5.21. The van der Waals surface area contributed by atoms with Crippen LogP contribution in [0.5, 0.6) is 0 Å². The number of hydrogen-bond donors (Lipinski definition) is 0. The average Bonchev–Trinajstić information content (AvgIpc) is 1.85. The van der Waals surface area contributed by atoms with Gasteiger partial charge in [-0.2, -0.15) is 0 Å². The Hall–Kier alpha value is -0.720. The molecule has 0 radical (unpaired) electrons. The first-order chi connectivity index (χ1) is 4.66. The molecule has 0 aliphatic rings. The highest BCUT2D eigenvalue weighted by Gasteiger charge is 1.82. The van der Waals surface area contributed by atoms with E-state index in [0.717, 1.165) is 12.4 Å². The number of allylic oxidation sites excluding steroid dienone is 4. The van der Waals surface area contributed by atoms with Crippen molar-refractivity contribution in [2.45, 2.75) is 27.7 Å². The van der Waals surface area contributed by atoms with E-state index in [0.29, 0.717) is 0 Å². The fraction of sp³-hybridized carbons (Fsp3) is 0.556. The van der Waals surface area contributed by atoms with Gasteiger partial charge in [0.05, 0.1) is 12.4 Å². The molecule has 0 aromatic carbocycles. The fourth-order valence-corrected chi connectivity index (χ4v) is 0.560. The van der Waals surface area contributed by atoms with Crippen molar-refractivity contribution >= 4 is 0 Å². The molecule has 0 spiro atoms. The van der Waals surface area contributed by atoms with Gasteiger partial charge < -0.3 is 4.74 Å². The first-order valence-corrected chi connectivity index (χ1v) is 3.61. The Bertz CT molecular complexity index is 139. The third kappa shape index (κ3) is 5.42. The standard InChI is InChI=1S/C9H16O/c1-5-10-9(4)7-6-8(2)3/h6-7H,5H2,1-4H3/b9-7+. The van der Waals surface area contributed by atoms with Gasteiger partial charge in [0.25, 0.3) is 0 Å². The summed E-state index contributed by atoms with van der Waals surface area (Å²) in [6, 6.07) is 0. The lowest BCUT2D eigenvalue weighted by Gasteiger charge is -1.99. The van der Waals surface area contributed by atoms with Gasteiger partial charge in [0.2, 0.25) is 0 Å². The minimum Gasteiger partial charge on any atom is -0.499 e. The molecule has 0 amide bonds. The minimum absolute atomic E-state index is 0.749. The van der Waals surface area contributed by atoms with E-state index in [-0.39, 0.29) is 0 Å². The summed E-state index contributed by atoms with van der Waals surface area (Å²) < 4.78 is 5.21. The monoisotopic (exact) mass is 140 g/mol. The predicted molar refractivity (Wildman–Crippen MR) is 44.8 cm³/mol. The number of rotatable bonds is 3. The van der Waals surface area contributed by atoms with E-state index in [2.05, 4.69) is 13.8 Å². The Labute approximate surface area is 63.4 Å². The summed E-state index contributed by atoms with van der Waals surface area (Å²) in [5, 5.41) is 0. The van der Waals surface area contributed by atoms with Crippen molar-refractivity contribution < 1.29 is 4.74 Å². The third-order valence-electron chi connectivity index (χ3n) is 1.02. The summed E-state index contributed by atoms with van der Waals surface area (Å²) in [6.07, 6.45) is 4.03. The van der Waals surface area contributed by atoms with Gasteiger partial charge in [-0.15, -0.1) is 0 Å². The van der Waals surface area contributed by atoms with Crippen LogP contribution in [-0.4, -0.2) is 6.61 Å². The summed E-state index contributed by atoms with van der Waals surface area (Å²) in [5.41, 5.74) is 1.29. The topological polar surface area (TPSA) is 9.23 Å². The van der Waals surface area contributed by atoms with Crippen LogP contribution in [0.25, 0.3) is 0 Å². The van der Waals surface area contributed by atoms with Crippen LogP contribution in [0.2, 0.25) is 0 Å². The van der Waals surface area contributed by atoms with E-state index in [1.54, 1.807) is 0 Å². The normalized spacial score (nSPS) is 11.0. The van der Waals surface area contributed by atoms with Crippen LogP contribution in [-0.2, 0) is 4.74 Å². The van der Waals surface area contributed by atoms with Crippen LogP contribution in [0, 0.1) is 0 Å². The molecule has 1 nitrogen and oxygen atoms in total. The molecule has 10 heavy (non-hydrogen) atoms. The first kappa shape index (κ1) is 9.28. The second kappa shape index (κ2) is 5.10. The highest BCUT2D eigenvalue weighted by atomic mass is 16.5. The van der Waals surface area contributed by atoms with Gasteiger partial charge in [0.1, 0.15) is 0 Å². The third-order valence-corrected chi connectivity index (χ3v) is 1.02. The van der Waals surface area contributed by atoms with E-state index >= 15 is 0 Å².